The standard InChI is InChI=1S/C24H25N3O4/c1-2-30-20-10-6-4-8-18(20)23-22-17(16-7-3-5-9-19(16)25-22)11-12-27(23)21(28)15-26-13-14-31-24(26)29/h3-10,23,25H,2,11-15H2,1H3/t23-/m0/s1. The van der Waals surface area contributed by atoms with Gasteiger partial charge in [0.2, 0.25) is 5.91 Å². The van der Waals surface area contributed by atoms with Gasteiger partial charge in [0.05, 0.1) is 13.2 Å². The number of fused-ring (bicyclic) bond motifs is 3. The summed E-state index contributed by atoms with van der Waals surface area (Å²) in [5, 5.41) is 1.19. The number of carbonyl (C=O) groups is 2. The Labute approximate surface area is 180 Å². The number of hydrogen-bond donors (Lipinski definition) is 1. The van der Waals surface area contributed by atoms with Crippen molar-refractivity contribution in [1.82, 2.24) is 14.8 Å². The molecule has 2 amide bonds. The van der Waals surface area contributed by atoms with Gasteiger partial charge in [-0.15, -0.1) is 0 Å². The quantitative estimate of drug-likeness (QED) is 0.687. The molecule has 2 aliphatic rings. The van der Waals surface area contributed by atoms with E-state index in [0.717, 1.165) is 28.9 Å². The van der Waals surface area contributed by atoms with Gasteiger partial charge in [0.15, 0.2) is 0 Å². The molecule has 1 aromatic heterocycles. The second-order valence-corrected chi connectivity index (χ2v) is 7.81. The maximum absolute atomic E-state index is 13.4. The fraction of sp³-hybridized carbons (Fsp3) is 0.333. The molecule has 2 aliphatic heterocycles. The molecule has 0 unspecified atom stereocenters. The van der Waals surface area contributed by atoms with Crippen LogP contribution in [-0.4, -0.2) is 59.6 Å². The molecule has 2 aromatic carbocycles. The first-order valence-corrected chi connectivity index (χ1v) is 10.7. The van der Waals surface area contributed by atoms with Gasteiger partial charge in [-0.2, -0.15) is 0 Å². The maximum Gasteiger partial charge on any atom is 0.410 e. The number of para-hydroxylation sites is 2. The van der Waals surface area contributed by atoms with Gasteiger partial charge in [0, 0.05) is 28.7 Å². The van der Waals surface area contributed by atoms with Gasteiger partial charge in [-0.3, -0.25) is 9.69 Å². The van der Waals surface area contributed by atoms with Gasteiger partial charge in [0.25, 0.3) is 0 Å². The molecular formula is C24H25N3O4. The SMILES string of the molecule is CCOc1ccccc1[C@H]1c2[nH]c3ccccc3c2CCN1C(=O)CN1CCOC1=O. The summed E-state index contributed by atoms with van der Waals surface area (Å²) in [6, 6.07) is 15.8. The smallest absolute Gasteiger partial charge is 0.410 e. The van der Waals surface area contributed by atoms with Crippen LogP contribution < -0.4 is 4.74 Å². The number of carbonyl (C=O) groups excluding carboxylic acids is 2. The van der Waals surface area contributed by atoms with Gasteiger partial charge in [-0.25, -0.2) is 4.79 Å². The van der Waals surface area contributed by atoms with Crippen LogP contribution in [0, 0.1) is 0 Å². The number of nitrogens with zero attached hydrogens (tertiary/aromatic N) is 2. The zero-order valence-corrected chi connectivity index (χ0v) is 17.5. The van der Waals surface area contributed by atoms with Crippen molar-refractivity contribution in [3.05, 3.63) is 65.4 Å². The summed E-state index contributed by atoms with van der Waals surface area (Å²) in [7, 11) is 0. The van der Waals surface area contributed by atoms with Crippen molar-refractivity contribution in [2.45, 2.75) is 19.4 Å². The summed E-state index contributed by atoms with van der Waals surface area (Å²) in [6.45, 7) is 3.85. The Balaban J connectivity index is 1.59. The van der Waals surface area contributed by atoms with Gasteiger partial charge in [-0.1, -0.05) is 36.4 Å². The molecule has 0 radical (unpaired) electrons. The topological polar surface area (TPSA) is 74.9 Å². The number of benzene rings is 2. The van der Waals surface area contributed by atoms with Gasteiger partial charge in [-0.05, 0) is 31.0 Å². The molecule has 3 heterocycles. The Kier molecular flexibility index (Phi) is 5.02. The molecule has 31 heavy (non-hydrogen) atoms. The van der Waals surface area contributed by atoms with Crippen molar-refractivity contribution >= 4 is 22.9 Å². The van der Waals surface area contributed by atoms with Crippen LogP contribution in [0.1, 0.15) is 29.8 Å². The van der Waals surface area contributed by atoms with E-state index < -0.39 is 6.09 Å². The normalized spacial score (nSPS) is 18.2. The van der Waals surface area contributed by atoms with E-state index in [1.807, 2.05) is 48.2 Å². The molecule has 3 aromatic rings. The molecule has 1 fully saturated rings. The number of H-pyrrole nitrogens is 1. The molecule has 7 heteroatoms. The lowest BCUT2D eigenvalue weighted by Crippen LogP contribution is -2.46. The molecule has 7 nitrogen and oxygen atoms in total. The van der Waals surface area contributed by atoms with E-state index in [1.165, 1.54) is 15.8 Å². The van der Waals surface area contributed by atoms with Gasteiger partial charge < -0.3 is 19.4 Å². The average molecular weight is 419 g/mol. The monoisotopic (exact) mass is 419 g/mol. The van der Waals surface area contributed by atoms with Crippen LogP contribution in [0.15, 0.2) is 48.5 Å². The fourth-order valence-corrected chi connectivity index (χ4v) is 4.65. The highest BCUT2D eigenvalue weighted by atomic mass is 16.6. The lowest BCUT2D eigenvalue weighted by molar-refractivity contribution is -0.133. The third-order valence-electron chi connectivity index (χ3n) is 6.04. The second kappa shape index (κ2) is 7.98. The highest BCUT2D eigenvalue weighted by molar-refractivity contribution is 5.88. The number of aromatic nitrogens is 1. The molecule has 0 bridgehead atoms. The molecule has 0 spiro atoms. The van der Waals surface area contributed by atoms with Crippen molar-refractivity contribution in [2.75, 3.05) is 32.8 Å². The van der Waals surface area contributed by atoms with E-state index in [9.17, 15) is 9.59 Å². The third kappa shape index (κ3) is 3.40. The van der Waals surface area contributed by atoms with E-state index in [2.05, 4.69) is 17.1 Å². The Morgan fingerprint density at radius 2 is 1.97 bits per heavy atom. The van der Waals surface area contributed by atoms with Crippen LogP contribution in [0.5, 0.6) is 5.75 Å². The Morgan fingerprint density at radius 1 is 1.16 bits per heavy atom. The number of amides is 2. The lowest BCUT2D eigenvalue weighted by Gasteiger charge is -2.37. The summed E-state index contributed by atoms with van der Waals surface area (Å²) in [5.41, 5.74) is 4.24. The Bertz CT molecular complexity index is 1140. The predicted molar refractivity (Wildman–Crippen MR) is 116 cm³/mol. The summed E-state index contributed by atoms with van der Waals surface area (Å²) < 4.78 is 10.9. The van der Waals surface area contributed by atoms with E-state index in [0.29, 0.717) is 26.3 Å². The molecule has 1 N–H and O–H groups in total. The number of ether oxygens (including phenoxy) is 2. The molecule has 160 valence electrons. The summed E-state index contributed by atoms with van der Waals surface area (Å²) in [6.07, 6.45) is 0.325. The highest BCUT2D eigenvalue weighted by Gasteiger charge is 2.37. The van der Waals surface area contributed by atoms with Crippen molar-refractivity contribution < 1.29 is 19.1 Å². The van der Waals surface area contributed by atoms with E-state index in [4.69, 9.17) is 9.47 Å². The predicted octanol–water partition coefficient (Wildman–Crippen LogP) is 3.49. The number of nitrogens with one attached hydrogen (secondary N) is 1. The van der Waals surface area contributed by atoms with E-state index in [-0.39, 0.29) is 18.5 Å². The first kappa shape index (κ1) is 19.5. The summed E-state index contributed by atoms with van der Waals surface area (Å²) >= 11 is 0. The van der Waals surface area contributed by atoms with E-state index in [1.54, 1.807) is 0 Å². The molecule has 5 rings (SSSR count). The average Bonchev–Trinajstić information content (AvgIpc) is 3.37. The number of cyclic esters (lactones) is 1. The zero-order chi connectivity index (χ0) is 21.4. The van der Waals surface area contributed by atoms with Crippen molar-refractivity contribution in [3.8, 4) is 5.75 Å². The van der Waals surface area contributed by atoms with Crippen LogP contribution in [0.3, 0.4) is 0 Å². The minimum Gasteiger partial charge on any atom is -0.494 e. The largest absolute Gasteiger partial charge is 0.494 e. The summed E-state index contributed by atoms with van der Waals surface area (Å²) in [5.74, 6) is 0.666. The maximum atomic E-state index is 13.4. The fourth-order valence-electron chi connectivity index (χ4n) is 4.65. The number of hydrogen-bond acceptors (Lipinski definition) is 4. The first-order valence-electron chi connectivity index (χ1n) is 10.7. The minimum atomic E-state index is -0.428. The Hall–Kier alpha value is -3.48. The van der Waals surface area contributed by atoms with Crippen LogP contribution >= 0.6 is 0 Å². The van der Waals surface area contributed by atoms with Crippen LogP contribution in [0.2, 0.25) is 0 Å². The van der Waals surface area contributed by atoms with Crippen LogP contribution in [0.25, 0.3) is 10.9 Å². The van der Waals surface area contributed by atoms with E-state index >= 15 is 0 Å². The van der Waals surface area contributed by atoms with Gasteiger partial charge in [0.1, 0.15) is 24.9 Å². The third-order valence-corrected chi connectivity index (χ3v) is 6.04. The molecule has 0 aliphatic carbocycles. The lowest BCUT2D eigenvalue weighted by atomic mass is 9.91. The number of aromatic amines is 1. The molecule has 1 saturated heterocycles. The van der Waals surface area contributed by atoms with Crippen molar-refractivity contribution in [2.24, 2.45) is 0 Å². The first-order chi connectivity index (χ1) is 15.2. The molecule has 0 saturated carbocycles. The van der Waals surface area contributed by atoms with Crippen LogP contribution in [-0.2, 0) is 16.0 Å². The zero-order valence-electron chi connectivity index (χ0n) is 17.5. The summed E-state index contributed by atoms with van der Waals surface area (Å²) in [4.78, 5) is 32.2. The molecular weight excluding hydrogens is 394 g/mol. The van der Waals surface area contributed by atoms with Crippen molar-refractivity contribution in [3.63, 3.8) is 0 Å². The molecule has 1 atom stereocenters. The van der Waals surface area contributed by atoms with Gasteiger partial charge >= 0.3 is 6.09 Å². The Morgan fingerprint density at radius 3 is 2.77 bits per heavy atom. The minimum absolute atomic E-state index is 0.0156. The van der Waals surface area contributed by atoms with Crippen LogP contribution in [0.4, 0.5) is 4.79 Å². The second-order valence-electron chi connectivity index (χ2n) is 7.81. The van der Waals surface area contributed by atoms with Crippen molar-refractivity contribution in [1.29, 1.82) is 0 Å². The number of rotatable bonds is 5. The highest BCUT2D eigenvalue weighted by Crippen LogP contribution is 2.41.